The normalized spacial score (nSPS) is 14.3. The minimum absolute atomic E-state index is 0.107. The highest BCUT2D eigenvalue weighted by molar-refractivity contribution is 7.47. The number of aliphatic hydroxyl groups excluding tert-OH is 1. The Morgan fingerprint density at radius 1 is 0.304 bits per heavy atom. The minimum Gasteiger partial charge on any atom is -0.462 e. The number of phosphoric acid groups is 2. The lowest BCUT2D eigenvalue weighted by Crippen LogP contribution is -2.30. The first-order valence-corrected chi connectivity index (χ1v) is 41.2. The van der Waals surface area contributed by atoms with Gasteiger partial charge in [0.15, 0.2) is 12.2 Å². The lowest BCUT2D eigenvalue weighted by atomic mass is 9.99. The SMILES string of the molecule is CCCCCCCCCCCCCCCCC(=O)OC[C@H](COP(=O)(O)OC[C@@H](O)COP(=O)(O)OC[C@@H](COC(=O)CCCCCCCCCCC)OC(=O)CCCCCCCCCCCCC)OC(=O)CCCCCCCCCCCCCCCCC(C)CC. The van der Waals surface area contributed by atoms with Crippen molar-refractivity contribution in [1.29, 1.82) is 0 Å². The van der Waals surface area contributed by atoms with Crippen LogP contribution in [0.2, 0.25) is 0 Å². The van der Waals surface area contributed by atoms with E-state index in [1.807, 2.05) is 0 Å². The Labute approximate surface area is 562 Å². The number of hydrogen-bond acceptors (Lipinski definition) is 15. The van der Waals surface area contributed by atoms with Gasteiger partial charge in [0, 0.05) is 25.7 Å². The maximum Gasteiger partial charge on any atom is 0.472 e. The largest absolute Gasteiger partial charge is 0.472 e. The molecule has 0 radical (unpaired) electrons. The van der Waals surface area contributed by atoms with Crippen LogP contribution in [0.15, 0.2) is 0 Å². The maximum atomic E-state index is 13.1. The zero-order valence-corrected chi connectivity index (χ0v) is 61.5. The molecule has 0 aliphatic rings. The van der Waals surface area contributed by atoms with Gasteiger partial charge in [-0.2, -0.15) is 0 Å². The molecule has 0 aromatic carbocycles. The van der Waals surface area contributed by atoms with Crippen LogP contribution in [0.25, 0.3) is 0 Å². The monoisotopic (exact) mass is 1350 g/mol. The Morgan fingerprint density at radius 3 is 0.772 bits per heavy atom. The third kappa shape index (κ3) is 65.4. The van der Waals surface area contributed by atoms with E-state index in [4.69, 9.17) is 37.0 Å². The molecule has 0 saturated carbocycles. The summed E-state index contributed by atoms with van der Waals surface area (Å²) in [6, 6.07) is 0. The molecule has 0 aliphatic heterocycles. The third-order valence-corrected chi connectivity index (χ3v) is 19.3. The van der Waals surface area contributed by atoms with Crippen LogP contribution in [0, 0.1) is 5.92 Å². The van der Waals surface area contributed by atoms with Crippen LogP contribution in [-0.4, -0.2) is 96.7 Å². The Hall–Kier alpha value is -1.94. The van der Waals surface area contributed by atoms with Gasteiger partial charge in [-0.25, -0.2) is 9.13 Å². The van der Waals surface area contributed by atoms with Gasteiger partial charge in [0.2, 0.25) is 0 Å². The topological polar surface area (TPSA) is 237 Å². The fourth-order valence-electron chi connectivity index (χ4n) is 11.1. The molecule has 19 heteroatoms. The van der Waals surface area contributed by atoms with Crippen molar-refractivity contribution in [2.45, 2.75) is 400 Å². The fraction of sp³-hybridized carbons (Fsp3) is 0.945. The summed E-state index contributed by atoms with van der Waals surface area (Å²) < 4.78 is 68.4. The second kappa shape index (κ2) is 66.3. The van der Waals surface area contributed by atoms with E-state index in [1.54, 1.807) is 0 Å². The molecule has 3 unspecified atom stereocenters. The summed E-state index contributed by atoms with van der Waals surface area (Å²) in [6.07, 6.45) is 53.9. The molecule has 0 aromatic heterocycles. The van der Waals surface area contributed by atoms with Gasteiger partial charge in [-0.3, -0.25) is 37.3 Å². The van der Waals surface area contributed by atoms with Gasteiger partial charge < -0.3 is 33.8 Å². The minimum atomic E-state index is -4.95. The van der Waals surface area contributed by atoms with Crippen molar-refractivity contribution < 1.29 is 80.2 Å². The Kier molecular flexibility index (Phi) is 64.9. The van der Waals surface area contributed by atoms with Crippen molar-refractivity contribution >= 4 is 39.5 Å². The van der Waals surface area contributed by atoms with Crippen LogP contribution in [0.3, 0.4) is 0 Å². The number of aliphatic hydroxyl groups is 1. The first-order chi connectivity index (χ1) is 44.6. The molecule has 0 saturated heterocycles. The first-order valence-electron chi connectivity index (χ1n) is 38.2. The second-order valence-electron chi connectivity index (χ2n) is 26.6. The van der Waals surface area contributed by atoms with Crippen molar-refractivity contribution in [3.8, 4) is 0 Å². The van der Waals surface area contributed by atoms with Crippen LogP contribution < -0.4 is 0 Å². The van der Waals surface area contributed by atoms with Crippen molar-refractivity contribution in [2.24, 2.45) is 5.92 Å². The predicted molar refractivity (Wildman–Crippen MR) is 372 cm³/mol. The summed E-state index contributed by atoms with van der Waals surface area (Å²) in [4.78, 5) is 72.6. The van der Waals surface area contributed by atoms with Crippen LogP contribution in [0.1, 0.15) is 381 Å². The number of esters is 4. The molecule has 92 heavy (non-hydrogen) atoms. The molecule has 0 bridgehead atoms. The number of unbranched alkanes of at least 4 members (excludes halogenated alkanes) is 44. The lowest BCUT2D eigenvalue weighted by Gasteiger charge is -2.21. The zero-order chi connectivity index (χ0) is 67.7. The first kappa shape index (κ1) is 90.1. The van der Waals surface area contributed by atoms with Gasteiger partial charge in [0.25, 0.3) is 0 Å². The number of ether oxygens (including phenoxy) is 4. The molecule has 0 aromatic rings. The Bertz CT molecular complexity index is 1770. The summed E-state index contributed by atoms with van der Waals surface area (Å²) in [5.41, 5.74) is 0. The molecule has 0 fully saturated rings. The van der Waals surface area contributed by atoms with Gasteiger partial charge in [0.05, 0.1) is 26.4 Å². The van der Waals surface area contributed by atoms with Crippen molar-refractivity contribution in [2.75, 3.05) is 39.6 Å². The number of carbonyl (C=O) groups is 4. The average molecular weight is 1350 g/mol. The van der Waals surface area contributed by atoms with Gasteiger partial charge in [-0.05, 0) is 31.6 Å². The summed E-state index contributed by atoms with van der Waals surface area (Å²) in [5.74, 6) is -1.27. The van der Waals surface area contributed by atoms with Crippen molar-refractivity contribution in [1.82, 2.24) is 0 Å². The molecule has 0 heterocycles. The van der Waals surface area contributed by atoms with E-state index < -0.39 is 97.5 Å². The molecule has 6 atom stereocenters. The fourth-order valence-corrected chi connectivity index (χ4v) is 12.7. The van der Waals surface area contributed by atoms with Crippen molar-refractivity contribution in [3.63, 3.8) is 0 Å². The van der Waals surface area contributed by atoms with Crippen LogP contribution in [0.4, 0.5) is 0 Å². The van der Waals surface area contributed by atoms with Gasteiger partial charge in [-0.15, -0.1) is 0 Å². The molecule has 3 N–H and O–H groups in total. The summed E-state index contributed by atoms with van der Waals surface area (Å²) in [7, 11) is -9.90. The molecule has 17 nitrogen and oxygen atoms in total. The van der Waals surface area contributed by atoms with Gasteiger partial charge >= 0.3 is 39.5 Å². The molecule has 0 aliphatic carbocycles. The van der Waals surface area contributed by atoms with E-state index in [0.717, 1.165) is 95.8 Å². The molecule has 546 valence electrons. The molecule has 0 spiro atoms. The highest BCUT2D eigenvalue weighted by Gasteiger charge is 2.30. The Balaban J connectivity index is 5.22. The number of rotatable bonds is 73. The van der Waals surface area contributed by atoms with Gasteiger partial charge in [0.1, 0.15) is 19.3 Å². The van der Waals surface area contributed by atoms with E-state index in [2.05, 4.69) is 34.6 Å². The van der Waals surface area contributed by atoms with E-state index in [0.29, 0.717) is 25.7 Å². The van der Waals surface area contributed by atoms with E-state index in [1.165, 1.54) is 205 Å². The van der Waals surface area contributed by atoms with Crippen LogP contribution in [-0.2, 0) is 65.4 Å². The smallest absolute Gasteiger partial charge is 0.462 e. The van der Waals surface area contributed by atoms with Crippen LogP contribution in [0.5, 0.6) is 0 Å². The van der Waals surface area contributed by atoms with E-state index in [9.17, 15) is 43.2 Å². The number of phosphoric ester groups is 2. The number of hydrogen-bond donors (Lipinski definition) is 3. The Morgan fingerprint density at radius 2 is 0.522 bits per heavy atom. The third-order valence-electron chi connectivity index (χ3n) is 17.4. The average Bonchev–Trinajstić information content (AvgIpc) is 3.13. The molecule has 0 rings (SSSR count). The van der Waals surface area contributed by atoms with Crippen LogP contribution >= 0.6 is 15.6 Å². The maximum absolute atomic E-state index is 13.1. The number of carbonyl (C=O) groups excluding carboxylic acids is 4. The summed E-state index contributed by atoms with van der Waals surface area (Å²) in [5, 5.41) is 10.6. The summed E-state index contributed by atoms with van der Waals surface area (Å²) in [6.45, 7) is 7.31. The predicted octanol–water partition coefficient (Wildman–Crippen LogP) is 21.3. The highest BCUT2D eigenvalue weighted by atomic mass is 31.2. The quantitative estimate of drug-likeness (QED) is 0.0222. The van der Waals surface area contributed by atoms with Crippen molar-refractivity contribution in [3.05, 3.63) is 0 Å². The molecule has 0 amide bonds. The zero-order valence-electron chi connectivity index (χ0n) is 59.7. The van der Waals surface area contributed by atoms with E-state index in [-0.39, 0.29) is 25.7 Å². The lowest BCUT2D eigenvalue weighted by molar-refractivity contribution is -0.161. The highest BCUT2D eigenvalue weighted by Crippen LogP contribution is 2.45. The van der Waals surface area contributed by atoms with E-state index >= 15 is 0 Å². The molecular weight excluding hydrogens is 1210 g/mol. The van der Waals surface area contributed by atoms with Gasteiger partial charge in [-0.1, -0.05) is 330 Å². The standard InChI is InChI=1S/C73H142O17P2/c1-6-10-13-16-19-22-24-25-29-33-37-42-47-52-57-71(76)84-63-69(90-73(78)59-54-49-44-39-34-30-27-26-28-32-36-40-45-50-55-66(5)9-4)65-88-92(81,82)86-61-67(74)60-85-91(79,80)87-64-68(62-83-70(75)56-51-46-41-35-21-18-15-12-8-3)89-72(77)58-53-48-43-38-31-23-20-17-14-11-7-2/h66-69,74H,6-65H2,1-5H3,(H,79,80)(H,81,82)/t66?,67-,68+,69+/m0/s1. The second-order valence-corrected chi connectivity index (χ2v) is 29.5. The molecular formula is C73H142O17P2. The summed E-state index contributed by atoms with van der Waals surface area (Å²) >= 11 is 0.